The van der Waals surface area contributed by atoms with Gasteiger partial charge < -0.3 is 15.0 Å². The molecule has 1 saturated heterocycles. The molecule has 9 heteroatoms. The first-order valence-corrected chi connectivity index (χ1v) is 11.4. The van der Waals surface area contributed by atoms with Crippen molar-refractivity contribution in [3.63, 3.8) is 0 Å². The highest BCUT2D eigenvalue weighted by Gasteiger charge is 2.24. The third kappa shape index (κ3) is 5.23. The lowest BCUT2D eigenvalue weighted by atomic mass is 10.1. The highest BCUT2D eigenvalue weighted by molar-refractivity contribution is 7.92. The molecule has 2 fully saturated rings. The summed E-state index contributed by atoms with van der Waals surface area (Å²) in [6.07, 6.45) is 5.10. The van der Waals surface area contributed by atoms with Crippen molar-refractivity contribution < 1.29 is 22.7 Å². The molecular weight excluding hydrogens is 382 g/mol. The van der Waals surface area contributed by atoms with Gasteiger partial charge >= 0.3 is 0 Å². The van der Waals surface area contributed by atoms with Gasteiger partial charge in [-0.05, 0) is 37.1 Å². The van der Waals surface area contributed by atoms with Gasteiger partial charge in [0.15, 0.2) is 0 Å². The van der Waals surface area contributed by atoms with Gasteiger partial charge in [0.1, 0.15) is 6.54 Å². The van der Waals surface area contributed by atoms with Crippen molar-refractivity contribution in [1.29, 1.82) is 0 Å². The van der Waals surface area contributed by atoms with Gasteiger partial charge in [-0.2, -0.15) is 0 Å². The van der Waals surface area contributed by atoms with Crippen molar-refractivity contribution in [3.8, 4) is 0 Å². The normalized spacial score (nSPS) is 18.1. The molecule has 1 aliphatic heterocycles. The molecule has 0 spiro atoms. The van der Waals surface area contributed by atoms with Crippen molar-refractivity contribution in [2.45, 2.75) is 31.7 Å². The molecule has 0 radical (unpaired) electrons. The third-order valence-corrected chi connectivity index (χ3v) is 6.25. The van der Waals surface area contributed by atoms with Gasteiger partial charge in [0.05, 0.1) is 25.2 Å². The summed E-state index contributed by atoms with van der Waals surface area (Å²) >= 11 is 0. The summed E-state index contributed by atoms with van der Waals surface area (Å²) in [5, 5.41) is 2.91. The summed E-state index contributed by atoms with van der Waals surface area (Å²) in [6.45, 7) is 1.84. The molecule has 0 unspecified atom stereocenters. The minimum atomic E-state index is -3.64. The largest absolute Gasteiger partial charge is 0.378 e. The van der Waals surface area contributed by atoms with Crippen LogP contribution in [0.2, 0.25) is 0 Å². The number of carbonyl (C=O) groups excluding carboxylic acids is 2. The lowest BCUT2D eigenvalue weighted by Crippen LogP contribution is -2.43. The van der Waals surface area contributed by atoms with E-state index in [1.807, 2.05) is 0 Å². The highest BCUT2D eigenvalue weighted by Crippen LogP contribution is 2.21. The van der Waals surface area contributed by atoms with E-state index < -0.39 is 10.0 Å². The van der Waals surface area contributed by atoms with Gasteiger partial charge in [-0.3, -0.25) is 13.9 Å². The fourth-order valence-corrected chi connectivity index (χ4v) is 4.45. The first-order chi connectivity index (χ1) is 13.3. The monoisotopic (exact) mass is 409 g/mol. The van der Waals surface area contributed by atoms with Crippen molar-refractivity contribution in [2.24, 2.45) is 0 Å². The zero-order valence-corrected chi connectivity index (χ0v) is 16.9. The summed E-state index contributed by atoms with van der Waals surface area (Å²) in [6, 6.07) is 6.46. The van der Waals surface area contributed by atoms with E-state index in [1.165, 1.54) is 0 Å². The number of hydrogen-bond acceptors (Lipinski definition) is 5. The standard InChI is InChI=1S/C19H27N3O5S/c1-28(25,26)22(14-18(23)20-16-4-2-3-5-16)17-8-6-15(7-9-17)19(24)21-10-12-27-13-11-21/h6-9,16H,2-5,10-14H2,1H3,(H,20,23). The lowest BCUT2D eigenvalue weighted by molar-refractivity contribution is -0.120. The maximum Gasteiger partial charge on any atom is 0.254 e. The molecule has 0 aromatic heterocycles. The Balaban J connectivity index is 1.69. The Kier molecular flexibility index (Phi) is 6.56. The van der Waals surface area contributed by atoms with Gasteiger partial charge in [0.2, 0.25) is 15.9 Å². The number of ether oxygens (including phenoxy) is 1. The van der Waals surface area contributed by atoms with Crippen LogP contribution < -0.4 is 9.62 Å². The third-order valence-electron chi connectivity index (χ3n) is 5.11. The Labute approximate surface area is 165 Å². The molecule has 154 valence electrons. The molecule has 8 nitrogen and oxygen atoms in total. The van der Waals surface area contributed by atoms with Crippen LogP contribution in [0.3, 0.4) is 0 Å². The number of amides is 2. The van der Waals surface area contributed by atoms with Crippen molar-refractivity contribution in [3.05, 3.63) is 29.8 Å². The first kappa shape index (κ1) is 20.6. The molecule has 1 saturated carbocycles. The SMILES string of the molecule is CS(=O)(=O)N(CC(=O)NC1CCCC1)c1ccc(C(=O)N2CCOCC2)cc1. The summed E-state index contributed by atoms with van der Waals surface area (Å²) in [5.74, 6) is -0.425. The second kappa shape index (κ2) is 8.91. The van der Waals surface area contributed by atoms with Crippen LogP contribution in [0.4, 0.5) is 5.69 Å². The fraction of sp³-hybridized carbons (Fsp3) is 0.579. The predicted molar refractivity (Wildman–Crippen MR) is 106 cm³/mol. The van der Waals surface area contributed by atoms with Crippen molar-refractivity contribution in [2.75, 3.05) is 43.4 Å². The van der Waals surface area contributed by atoms with Gasteiger partial charge in [-0.1, -0.05) is 12.8 Å². The molecule has 1 aliphatic carbocycles. The van der Waals surface area contributed by atoms with Crippen LogP contribution in [-0.2, 0) is 19.6 Å². The van der Waals surface area contributed by atoms with Crippen LogP contribution in [-0.4, -0.2) is 70.3 Å². The number of carbonyl (C=O) groups is 2. The van der Waals surface area contributed by atoms with E-state index in [-0.39, 0.29) is 24.4 Å². The van der Waals surface area contributed by atoms with Gasteiger partial charge in [0.25, 0.3) is 5.91 Å². The Morgan fingerprint density at radius 2 is 1.75 bits per heavy atom. The number of benzene rings is 1. The lowest BCUT2D eigenvalue weighted by Gasteiger charge is -2.27. The average molecular weight is 410 g/mol. The van der Waals surface area contributed by atoms with E-state index in [0.29, 0.717) is 37.6 Å². The van der Waals surface area contributed by atoms with Crippen LogP contribution in [0, 0.1) is 0 Å². The molecule has 1 N–H and O–H groups in total. The molecule has 1 aromatic rings. The molecule has 0 bridgehead atoms. The van der Waals surface area contributed by atoms with Gasteiger partial charge in [-0.25, -0.2) is 8.42 Å². The quantitative estimate of drug-likeness (QED) is 0.756. The average Bonchev–Trinajstić information content (AvgIpc) is 3.18. The van der Waals surface area contributed by atoms with Crippen LogP contribution in [0.25, 0.3) is 0 Å². The highest BCUT2D eigenvalue weighted by atomic mass is 32.2. The van der Waals surface area contributed by atoms with Crippen LogP contribution in [0.5, 0.6) is 0 Å². The molecule has 28 heavy (non-hydrogen) atoms. The van der Waals surface area contributed by atoms with E-state index in [0.717, 1.165) is 36.2 Å². The number of morpholine rings is 1. The van der Waals surface area contributed by atoms with E-state index in [4.69, 9.17) is 4.74 Å². The van der Waals surface area contributed by atoms with Gasteiger partial charge in [0, 0.05) is 24.7 Å². The van der Waals surface area contributed by atoms with E-state index in [2.05, 4.69) is 5.32 Å². The van der Waals surface area contributed by atoms with E-state index >= 15 is 0 Å². The molecule has 3 rings (SSSR count). The molecule has 0 atom stereocenters. The van der Waals surface area contributed by atoms with Crippen LogP contribution in [0.15, 0.2) is 24.3 Å². The molecule has 2 aliphatic rings. The molecular formula is C19H27N3O5S. The smallest absolute Gasteiger partial charge is 0.254 e. The summed E-state index contributed by atoms with van der Waals surface area (Å²) in [4.78, 5) is 26.6. The predicted octanol–water partition coefficient (Wildman–Crippen LogP) is 0.984. The van der Waals surface area contributed by atoms with E-state index in [9.17, 15) is 18.0 Å². The Morgan fingerprint density at radius 3 is 2.32 bits per heavy atom. The van der Waals surface area contributed by atoms with Crippen LogP contribution >= 0.6 is 0 Å². The zero-order chi connectivity index (χ0) is 20.1. The maximum atomic E-state index is 12.5. The minimum Gasteiger partial charge on any atom is -0.378 e. The maximum absolute atomic E-state index is 12.5. The molecule has 1 aromatic carbocycles. The van der Waals surface area contributed by atoms with Gasteiger partial charge in [-0.15, -0.1) is 0 Å². The summed E-state index contributed by atoms with van der Waals surface area (Å²) in [5.41, 5.74) is 0.845. The first-order valence-electron chi connectivity index (χ1n) is 9.59. The Hall–Kier alpha value is -2.13. The number of hydrogen-bond donors (Lipinski definition) is 1. The topological polar surface area (TPSA) is 96.0 Å². The number of nitrogens with one attached hydrogen (secondary N) is 1. The zero-order valence-electron chi connectivity index (χ0n) is 16.1. The number of anilines is 1. The second-order valence-corrected chi connectivity index (χ2v) is 9.18. The Bertz CT molecular complexity index is 797. The minimum absolute atomic E-state index is 0.111. The van der Waals surface area contributed by atoms with Crippen molar-refractivity contribution >= 4 is 27.5 Å². The van der Waals surface area contributed by atoms with E-state index in [1.54, 1.807) is 29.2 Å². The number of rotatable bonds is 6. The summed E-state index contributed by atoms with van der Waals surface area (Å²) in [7, 11) is -3.64. The fourth-order valence-electron chi connectivity index (χ4n) is 3.59. The molecule has 1 heterocycles. The number of nitrogens with zero attached hydrogens (tertiary/aromatic N) is 2. The molecule has 2 amide bonds. The summed E-state index contributed by atoms with van der Waals surface area (Å²) < 4.78 is 30.8. The number of sulfonamides is 1. The Morgan fingerprint density at radius 1 is 1.14 bits per heavy atom. The second-order valence-electron chi connectivity index (χ2n) is 7.27. The van der Waals surface area contributed by atoms with Crippen molar-refractivity contribution in [1.82, 2.24) is 10.2 Å². The van der Waals surface area contributed by atoms with Crippen LogP contribution in [0.1, 0.15) is 36.0 Å².